The quantitative estimate of drug-likeness (QED) is 0.737. The van der Waals surface area contributed by atoms with E-state index in [9.17, 15) is 9.18 Å². The first kappa shape index (κ1) is 11.6. The van der Waals surface area contributed by atoms with Crippen molar-refractivity contribution in [3.05, 3.63) is 24.3 Å². The molecule has 4 nitrogen and oxygen atoms in total. The maximum atomic E-state index is 12.5. The fourth-order valence-electron chi connectivity index (χ4n) is 0.978. The summed E-state index contributed by atoms with van der Waals surface area (Å²) < 4.78 is 12.5. The second kappa shape index (κ2) is 4.84. The summed E-state index contributed by atoms with van der Waals surface area (Å²) in [6.45, 7) is 3.71. The van der Waals surface area contributed by atoms with Crippen LogP contribution in [0.15, 0.2) is 18.3 Å². The molecule has 1 aromatic heterocycles. The number of hydrogen-bond donors (Lipinski definition) is 2. The number of amides is 1. The largest absolute Gasteiger partial charge is 0.323 e. The molecule has 0 fully saturated rings. The minimum absolute atomic E-state index is 0.0541. The molecule has 5 heteroatoms. The van der Waals surface area contributed by atoms with Crippen molar-refractivity contribution < 1.29 is 9.18 Å². The van der Waals surface area contributed by atoms with Crippen LogP contribution >= 0.6 is 0 Å². The molecule has 1 heterocycles. The molecule has 15 heavy (non-hydrogen) atoms. The fourth-order valence-corrected chi connectivity index (χ4v) is 0.978. The number of aromatic nitrogens is 1. The summed E-state index contributed by atoms with van der Waals surface area (Å²) in [5.41, 5.74) is 6.07. The lowest BCUT2D eigenvalue weighted by Gasteiger charge is -2.14. The van der Waals surface area contributed by atoms with E-state index in [1.165, 1.54) is 18.3 Å². The van der Waals surface area contributed by atoms with Crippen molar-refractivity contribution in [3.63, 3.8) is 0 Å². The van der Waals surface area contributed by atoms with Gasteiger partial charge >= 0.3 is 0 Å². The number of halogens is 1. The molecule has 0 bridgehead atoms. The van der Waals surface area contributed by atoms with Gasteiger partial charge in [-0.05, 0) is 18.1 Å². The molecule has 0 saturated carbocycles. The van der Waals surface area contributed by atoms with Crippen LogP contribution in [-0.4, -0.2) is 16.9 Å². The molecule has 1 rings (SSSR count). The van der Waals surface area contributed by atoms with Crippen LogP contribution in [0.5, 0.6) is 0 Å². The van der Waals surface area contributed by atoms with Crippen molar-refractivity contribution in [2.45, 2.75) is 19.9 Å². The highest BCUT2D eigenvalue weighted by molar-refractivity contribution is 5.94. The molecule has 1 aromatic rings. The summed E-state index contributed by atoms with van der Waals surface area (Å²) in [4.78, 5) is 14.9. The van der Waals surface area contributed by atoms with Gasteiger partial charge in [0.2, 0.25) is 11.9 Å². The van der Waals surface area contributed by atoms with Gasteiger partial charge in [0.25, 0.3) is 0 Å². The average Bonchev–Trinajstić information content (AvgIpc) is 2.20. The Bertz CT molecular complexity index is 337. The van der Waals surface area contributed by atoms with E-state index in [4.69, 9.17) is 5.73 Å². The molecule has 0 aliphatic rings. The van der Waals surface area contributed by atoms with Gasteiger partial charge in [0, 0.05) is 0 Å². The predicted octanol–water partition coefficient (Wildman–Crippen LogP) is 1.14. The van der Waals surface area contributed by atoms with Crippen LogP contribution in [0.2, 0.25) is 0 Å². The molecule has 0 spiro atoms. The Morgan fingerprint density at radius 3 is 2.67 bits per heavy atom. The molecular weight excluding hydrogens is 197 g/mol. The van der Waals surface area contributed by atoms with Gasteiger partial charge in [0.05, 0.1) is 17.9 Å². The van der Waals surface area contributed by atoms with Crippen LogP contribution in [0.4, 0.5) is 10.1 Å². The van der Waals surface area contributed by atoms with Crippen molar-refractivity contribution in [2.75, 3.05) is 5.32 Å². The van der Waals surface area contributed by atoms with E-state index in [1.54, 1.807) is 0 Å². The monoisotopic (exact) mass is 211 g/mol. The predicted molar refractivity (Wildman–Crippen MR) is 55.6 cm³/mol. The molecule has 0 aromatic carbocycles. The lowest BCUT2D eigenvalue weighted by Crippen LogP contribution is -2.39. The Balaban J connectivity index is 2.62. The standard InChI is InChI=1S/C10H14FN3O/c1-6(2)9(12)10(15)14-7-3-4-8(11)13-5-7/h3-6,9H,12H2,1-2H3,(H,14,15). The lowest BCUT2D eigenvalue weighted by molar-refractivity contribution is -0.118. The summed E-state index contributed by atoms with van der Waals surface area (Å²) in [6, 6.07) is 2.04. The topological polar surface area (TPSA) is 68.0 Å². The molecule has 0 radical (unpaired) electrons. The van der Waals surface area contributed by atoms with Crippen LogP contribution in [0.3, 0.4) is 0 Å². The highest BCUT2D eigenvalue weighted by Gasteiger charge is 2.16. The molecule has 0 aliphatic heterocycles. The number of nitrogens with two attached hydrogens (primary N) is 1. The summed E-state index contributed by atoms with van der Waals surface area (Å²) in [6.07, 6.45) is 1.25. The zero-order chi connectivity index (χ0) is 11.4. The maximum absolute atomic E-state index is 12.5. The number of carbonyl (C=O) groups is 1. The smallest absolute Gasteiger partial charge is 0.241 e. The number of pyridine rings is 1. The van der Waals surface area contributed by atoms with Gasteiger partial charge in [0.1, 0.15) is 0 Å². The third-order valence-corrected chi connectivity index (χ3v) is 2.02. The van der Waals surface area contributed by atoms with Gasteiger partial charge in [0.15, 0.2) is 0 Å². The number of carbonyl (C=O) groups excluding carboxylic acids is 1. The van der Waals surface area contributed by atoms with Crippen molar-refractivity contribution in [3.8, 4) is 0 Å². The fraction of sp³-hybridized carbons (Fsp3) is 0.400. The number of nitrogens with zero attached hydrogens (tertiary/aromatic N) is 1. The lowest BCUT2D eigenvalue weighted by atomic mass is 10.1. The van der Waals surface area contributed by atoms with E-state index in [2.05, 4.69) is 10.3 Å². The zero-order valence-corrected chi connectivity index (χ0v) is 8.70. The number of rotatable bonds is 3. The van der Waals surface area contributed by atoms with Crippen LogP contribution < -0.4 is 11.1 Å². The van der Waals surface area contributed by atoms with Gasteiger partial charge < -0.3 is 11.1 Å². The van der Waals surface area contributed by atoms with Crippen LogP contribution in [-0.2, 0) is 4.79 Å². The molecule has 3 N–H and O–H groups in total. The minimum Gasteiger partial charge on any atom is -0.323 e. The van der Waals surface area contributed by atoms with Gasteiger partial charge in [-0.1, -0.05) is 13.8 Å². The molecule has 0 aliphatic carbocycles. The summed E-state index contributed by atoms with van der Waals surface area (Å²) >= 11 is 0. The van der Waals surface area contributed by atoms with Crippen molar-refractivity contribution in [1.82, 2.24) is 4.98 Å². The first-order valence-electron chi connectivity index (χ1n) is 4.68. The number of hydrogen-bond acceptors (Lipinski definition) is 3. The van der Waals surface area contributed by atoms with Crippen molar-refractivity contribution >= 4 is 11.6 Å². The molecule has 1 amide bonds. The highest BCUT2D eigenvalue weighted by atomic mass is 19.1. The second-order valence-electron chi connectivity index (χ2n) is 3.63. The van der Waals surface area contributed by atoms with E-state index in [0.29, 0.717) is 5.69 Å². The maximum Gasteiger partial charge on any atom is 0.241 e. The van der Waals surface area contributed by atoms with E-state index in [0.717, 1.165) is 0 Å². The molecule has 1 unspecified atom stereocenters. The van der Waals surface area contributed by atoms with E-state index in [1.807, 2.05) is 13.8 Å². The van der Waals surface area contributed by atoms with Crippen LogP contribution in [0, 0.1) is 11.9 Å². The Kier molecular flexibility index (Phi) is 3.74. The molecule has 0 saturated heterocycles. The Labute approximate surface area is 87.7 Å². The third kappa shape index (κ3) is 3.28. The zero-order valence-electron chi connectivity index (χ0n) is 8.70. The molecule has 1 atom stereocenters. The third-order valence-electron chi connectivity index (χ3n) is 2.02. The van der Waals surface area contributed by atoms with Crippen molar-refractivity contribution in [1.29, 1.82) is 0 Å². The molecule has 82 valence electrons. The normalized spacial score (nSPS) is 12.6. The second-order valence-corrected chi connectivity index (χ2v) is 3.63. The average molecular weight is 211 g/mol. The van der Waals surface area contributed by atoms with Gasteiger partial charge in [-0.2, -0.15) is 4.39 Å². The number of anilines is 1. The number of nitrogens with one attached hydrogen (secondary N) is 1. The Morgan fingerprint density at radius 1 is 1.53 bits per heavy atom. The summed E-state index contributed by atoms with van der Waals surface area (Å²) in [7, 11) is 0. The van der Waals surface area contributed by atoms with E-state index >= 15 is 0 Å². The first-order valence-corrected chi connectivity index (χ1v) is 4.68. The van der Waals surface area contributed by atoms with E-state index in [-0.39, 0.29) is 11.8 Å². The van der Waals surface area contributed by atoms with Gasteiger partial charge in [-0.25, -0.2) is 4.98 Å². The van der Waals surface area contributed by atoms with Gasteiger partial charge in [-0.15, -0.1) is 0 Å². The van der Waals surface area contributed by atoms with Crippen LogP contribution in [0.25, 0.3) is 0 Å². The minimum atomic E-state index is -0.582. The highest BCUT2D eigenvalue weighted by Crippen LogP contribution is 2.07. The SMILES string of the molecule is CC(C)C(N)C(=O)Nc1ccc(F)nc1. The first-order chi connectivity index (χ1) is 7.00. The van der Waals surface area contributed by atoms with Crippen LogP contribution in [0.1, 0.15) is 13.8 Å². The molecular formula is C10H14FN3O. The Hall–Kier alpha value is -1.49. The summed E-state index contributed by atoms with van der Waals surface area (Å²) in [5, 5.41) is 2.56. The van der Waals surface area contributed by atoms with Crippen molar-refractivity contribution in [2.24, 2.45) is 11.7 Å². The Morgan fingerprint density at radius 2 is 2.20 bits per heavy atom. The summed E-state index contributed by atoms with van der Waals surface area (Å²) in [5.74, 6) is -0.821. The van der Waals surface area contributed by atoms with Gasteiger partial charge in [-0.3, -0.25) is 4.79 Å². The van der Waals surface area contributed by atoms with E-state index < -0.39 is 12.0 Å².